The first-order valence-electron chi connectivity index (χ1n) is 9.90. The predicted octanol–water partition coefficient (Wildman–Crippen LogP) is 4.05. The normalized spacial score (nSPS) is 10.5. The summed E-state index contributed by atoms with van der Waals surface area (Å²) >= 11 is 5.84. The maximum Gasteiger partial charge on any atom is 0.343 e. The monoisotopic (exact) mass is 465 g/mol. The van der Waals surface area contributed by atoms with Gasteiger partial charge in [0.15, 0.2) is 11.5 Å². The highest BCUT2D eigenvalue weighted by molar-refractivity contribution is 6.39. The molecule has 3 aromatic carbocycles. The number of nitrogens with zero attached hydrogens (tertiary/aromatic N) is 1. The molecule has 2 N–H and O–H groups in total. The summed E-state index contributed by atoms with van der Waals surface area (Å²) in [4.78, 5) is 36.2. The Bertz CT molecular complexity index is 1160. The minimum Gasteiger partial charge on any atom is -0.490 e. The van der Waals surface area contributed by atoms with E-state index in [1.54, 1.807) is 79.7 Å². The summed E-state index contributed by atoms with van der Waals surface area (Å²) in [6.45, 7) is 2.12. The van der Waals surface area contributed by atoms with Crippen LogP contribution in [0.15, 0.2) is 77.9 Å². The van der Waals surface area contributed by atoms with Gasteiger partial charge in [0, 0.05) is 10.7 Å². The van der Waals surface area contributed by atoms with Crippen LogP contribution in [0.2, 0.25) is 5.02 Å². The Labute approximate surface area is 195 Å². The molecule has 3 aromatic rings. The van der Waals surface area contributed by atoms with Crippen molar-refractivity contribution in [2.45, 2.75) is 6.92 Å². The van der Waals surface area contributed by atoms with E-state index >= 15 is 0 Å². The molecule has 168 valence electrons. The summed E-state index contributed by atoms with van der Waals surface area (Å²) < 4.78 is 11.0. The van der Waals surface area contributed by atoms with Crippen molar-refractivity contribution in [3.63, 3.8) is 0 Å². The SMILES string of the molecule is CCOc1cc(C=NNC(=O)C(=O)Nc2ccccc2)ccc1OC(=O)c1ccc(Cl)cc1. The second-order valence-electron chi connectivity index (χ2n) is 6.55. The smallest absolute Gasteiger partial charge is 0.343 e. The third-order valence-electron chi connectivity index (χ3n) is 4.17. The first-order chi connectivity index (χ1) is 16.0. The highest BCUT2D eigenvalue weighted by Crippen LogP contribution is 2.29. The minimum absolute atomic E-state index is 0.222. The van der Waals surface area contributed by atoms with E-state index in [4.69, 9.17) is 21.1 Å². The minimum atomic E-state index is -0.923. The fourth-order valence-electron chi connectivity index (χ4n) is 2.63. The molecule has 8 nitrogen and oxygen atoms in total. The van der Waals surface area contributed by atoms with Crippen LogP contribution >= 0.6 is 11.6 Å². The molecule has 0 saturated heterocycles. The van der Waals surface area contributed by atoms with E-state index in [0.717, 1.165) is 0 Å². The van der Waals surface area contributed by atoms with Crippen LogP contribution < -0.4 is 20.2 Å². The Morgan fingerprint density at radius 1 is 0.939 bits per heavy atom. The van der Waals surface area contributed by atoms with Gasteiger partial charge in [-0.1, -0.05) is 29.8 Å². The lowest BCUT2D eigenvalue weighted by Gasteiger charge is -2.11. The molecule has 0 heterocycles. The quantitative estimate of drug-likeness (QED) is 0.180. The van der Waals surface area contributed by atoms with Crippen LogP contribution in [-0.4, -0.2) is 30.6 Å². The molecular formula is C24H20ClN3O5. The summed E-state index contributed by atoms with van der Waals surface area (Å²) in [6.07, 6.45) is 1.33. The van der Waals surface area contributed by atoms with Crippen LogP contribution in [-0.2, 0) is 9.59 Å². The highest BCUT2D eigenvalue weighted by atomic mass is 35.5. The zero-order chi connectivity index (χ0) is 23.6. The van der Waals surface area contributed by atoms with Gasteiger partial charge in [-0.05, 0) is 67.1 Å². The fraction of sp³-hybridized carbons (Fsp3) is 0.0833. The van der Waals surface area contributed by atoms with Crippen molar-refractivity contribution in [1.82, 2.24) is 5.43 Å². The Morgan fingerprint density at radius 3 is 2.36 bits per heavy atom. The molecule has 0 aliphatic heterocycles. The third-order valence-corrected chi connectivity index (χ3v) is 4.42. The van der Waals surface area contributed by atoms with Crippen molar-refractivity contribution < 1.29 is 23.9 Å². The molecule has 0 spiro atoms. The van der Waals surface area contributed by atoms with E-state index in [2.05, 4.69) is 15.8 Å². The van der Waals surface area contributed by atoms with E-state index in [0.29, 0.717) is 34.2 Å². The number of rotatable bonds is 7. The number of halogens is 1. The zero-order valence-corrected chi connectivity index (χ0v) is 18.3. The number of hydrogen-bond donors (Lipinski definition) is 2. The maximum absolute atomic E-state index is 12.4. The van der Waals surface area contributed by atoms with Gasteiger partial charge in [-0.3, -0.25) is 9.59 Å². The lowest BCUT2D eigenvalue weighted by atomic mass is 10.2. The molecule has 9 heteroatoms. The first kappa shape index (κ1) is 23.5. The van der Waals surface area contributed by atoms with Crippen molar-refractivity contribution >= 4 is 41.3 Å². The Kier molecular flexibility index (Phi) is 8.15. The molecule has 0 aromatic heterocycles. The number of carbonyl (C=O) groups excluding carboxylic acids is 3. The van der Waals surface area contributed by atoms with Gasteiger partial charge >= 0.3 is 17.8 Å². The third kappa shape index (κ3) is 6.91. The van der Waals surface area contributed by atoms with Crippen LogP contribution in [0.25, 0.3) is 0 Å². The second-order valence-corrected chi connectivity index (χ2v) is 6.99. The molecule has 33 heavy (non-hydrogen) atoms. The van der Waals surface area contributed by atoms with Crippen molar-refractivity contribution in [2.24, 2.45) is 5.10 Å². The van der Waals surface area contributed by atoms with Gasteiger partial charge < -0.3 is 14.8 Å². The number of nitrogens with one attached hydrogen (secondary N) is 2. The van der Waals surface area contributed by atoms with Gasteiger partial charge in [-0.15, -0.1) is 0 Å². The van der Waals surface area contributed by atoms with E-state index in [9.17, 15) is 14.4 Å². The second kappa shape index (κ2) is 11.4. The van der Waals surface area contributed by atoms with Crippen molar-refractivity contribution in [3.8, 4) is 11.5 Å². The summed E-state index contributed by atoms with van der Waals surface area (Å²) in [6, 6.07) is 19.6. The van der Waals surface area contributed by atoms with Crippen molar-refractivity contribution in [3.05, 3.63) is 88.9 Å². The number of benzene rings is 3. The standard InChI is InChI=1S/C24H20ClN3O5/c1-2-32-21-14-16(8-13-20(21)33-24(31)17-9-11-18(25)12-10-17)15-26-28-23(30)22(29)27-19-6-4-3-5-7-19/h3-15H,2H2,1H3,(H,27,29)(H,28,30). The molecule has 3 rings (SSSR count). The first-order valence-corrected chi connectivity index (χ1v) is 10.3. The molecular weight excluding hydrogens is 446 g/mol. The predicted molar refractivity (Wildman–Crippen MR) is 125 cm³/mol. The van der Waals surface area contributed by atoms with Gasteiger partial charge in [0.1, 0.15) is 0 Å². The van der Waals surface area contributed by atoms with Crippen LogP contribution in [0.3, 0.4) is 0 Å². The summed E-state index contributed by atoms with van der Waals surface area (Å²) in [7, 11) is 0. The van der Waals surface area contributed by atoms with E-state index < -0.39 is 17.8 Å². The number of para-hydroxylation sites is 1. The molecule has 0 bridgehead atoms. The molecule has 0 radical (unpaired) electrons. The number of ether oxygens (including phenoxy) is 2. The molecule has 0 unspecified atom stereocenters. The number of esters is 1. The van der Waals surface area contributed by atoms with Crippen LogP contribution in [0.5, 0.6) is 11.5 Å². The average molecular weight is 466 g/mol. The topological polar surface area (TPSA) is 106 Å². The van der Waals surface area contributed by atoms with Gasteiger partial charge in [-0.2, -0.15) is 5.10 Å². The number of hydrazone groups is 1. The van der Waals surface area contributed by atoms with Gasteiger partial charge in [0.2, 0.25) is 0 Å². The number of carbonyl (C=O) groups is 3. The average Bonchev–Trinajstić information content (AvgIpc) is 2.81. The highest BCUT2D eigenvalue weighted by Gasteiger charge is 2.14. The lowest BCUT2D eigenvalue weighted by Crippen LogP contribution is -2.32. The number of hydrogen-bond acceptors (Lipinski definition) is 6. The van der Waals surface area contributed by atoms with Crippen LogP contribution in [0.1, 0.15) is 22.8 Å². The van der Waals surface area contributed by atoms with Gasteiger partial charge in [0.05, 0.1) is 18.4 Å². The van der Waals surface area contributed by atoms with Gasteiger partial charge in [0.25, 0.3) is 0 Å². The van der Waals surface area contributed by atoms with E-state index in [-0.39, 0.29) is 5.75 Å². The summed E-state index contributed by atoms with van der Waals surface area (Å²) in [5.74, 6) is -1.80. The Hall–Kier alpha value is -4.17. The Balaban J connectivity index is 1.63. The van der Waals surface area contributed by atoms with Gasteiger partial charge in [-0.25, -0.2) is 10.2 Å². The molecule has 0 atom stereocenters. The lowest BCUT2D eigenvalue weighted by molar-refractivity contribution is -0.136. The summed E-state index contributed by atoms with van der Waals surface area (Å²) in [5.41, 5.74) is 3.54. The molecule has 0 aliphatic rings. The van der Waals surface area contributed by atoms with Crippen molar-refractivity contribution in [2.75, 3.05) is 11.9 Å². The molecule has 0 aliphatic carbocycles. The zero-order valence-electron chi connectivity index (χ0n) is 17.6. The number of amides is 2. The molecule has 0 saturated carbocycles. The van der Waals surface area contributed by atoms with Crippen LogP contribution in [0.4, 0.5) is 5.69 Å². The maximum atomic E-state index is 12.4. The largest absolute Gasteiger partial charge is 0.490 e. The Morgan fingerprint density at radius 2 is 1.67 bits per heavy atom. The summed E-state index contributed by atoms with van der Waals surface area (Å²) in [5, 5.41) is 6.76. The molecule has 0 fully saturated rings. The number of anilines is 1. The fourth-order valence-corrected chi connectivity index (χ4v) is 2.75. The molecule has 2 amide bonds. The van der Waals surface area contributed by atoms with Crippen LogP contribution in [0, 0.1) is 0 Å². The van der Waals surface area contributed by atoms with E-state index in [1.807, 2.05) is 0 Å². The van der Waals surface area contributed by atoms with Crippen molar-refractivity contribution in [1.29, 1.82) is 0 Å². The van der Waals surface area contributed by atoms with E-state index in [1.165, 1.54) is 6.21 Å².